The minimum atomic E-state index is -0.798. The predicted molar refractivity (Wildman–Crippen MR) is 113 cm³/mol. The highest BCUT2D eigenvalue weighted by atomic mass is 16.5. The van der Waals surface area contributed by atoms with Gasteiger partial charge < -0.3 is 29.2 Å². The first-order chi connectivity index (χ1) is 14.8. The largest absolute Gasteiger partial charge is 0.507 e. The van der Waals surface area contributed by atoms with Crippen molar-refractivity contribution in [2.45, 2.75) is 32.2 Å². The van der Waals surface area contributed by atoms with E-state index in [0.717, 1.165) is 5.69 Å². The number of carbonyl (C=O) groups excluding carboxylic acids is 1. The Morgan fingerprint density at radius 1 is 1.23 bits per heavy atom. The average molecular weight is 427 g/mol. The van der Waals surface area contributed by atoms with Crippen molar-refractivity contribution < 1.29 is 24.5 Å². The van der Waals surface area contributed by atoms with E-state index in [1.54, 1.807) is 30.1 Å². The van der Waals surface area contributed by atoms with Crippen molar-refractivity contribution >= 4 is 5.97 Å². The van der Waals surface area contributed by atoms with Crippen LogP contribution in [0.1, 0.15) is 34.9 Å². The highest BCUT2D eigenvalue weighted by molar-refractivity contribution is 5.71. The van der Waals surface area contributed by atoms with Gasteiger partial charge in [0.15, 0.2) is 11.5 Å². The maximum absolute atomic E-state index is 13.4. The molecule has 2 heterocycles. The second-order valence-corrected chi connectivity index (χ2v) is 7.13. The van der Waals surface area contributed by atoms with Crippen molar-refractivity contribution in [2.24, 2.45) is 0 Å². The molecule has 0 radical (unpaired) electrons. The molecule has 0 saturated carbocycles. The van der Waals surface area contributed by atoms with Crippen molar-refractivity contribution in [1.82, 2.24) is 14.5 Å². The van der Waals surface area contributed by atoms with Crippen LogP contribution >= 0.6 is 0 Å². The summed E-state index contributed by atoms with van der Waals surface area (Å²) in [5.74, 6) is -1.43. The first kappa shape index (κ1) is 21.9. The number of carbonyl (C=O) groups is 1. The fourth-order valence-corrected chi connectivity index (χ4v) is 3.58. The normalized spacial score (nSPS) is 11.8. The number of hydrogen-bond donors (Lipinski definition) is 3. The van der Waals surface area contributed by atoms with Gasteiger partial charge in [0.25, 0.3) is 5.56 Å². The summed E-state index contributed by atoms with van der Waals surface area (Å²) in [6, 6.07) is 6.04. The SMILES string of the molecule is COC(=O)C[C@H](c1ccc(O)c(OC)c1)c1c(O)cc(C)n(CCc2cnc[nH]2)c1=O. The molecular formula is C22H25N3O6. The van der Waals surface area contributed by atoms with Crippen LogP contribution in [0.5, 0.6) is 17.2 Å². The third-order valence-corrected chi connectivity index (χ3v) is 5.24. The van der Waals surface area contributed by atoms with E-state index in [2.05, 4.69) is 9.97 Å². The van der Waals surface area contributed by atoms with Gasteiger partial charge in [-0.3, -0.25) is 9.59 Å². The van der Waals surface area contributed by atoms with E-state index in [4.69, 9.17) is 9.47 Å². The Kier molecular flexibility index (Phi) is 6.64. The van der Waals surface area contributed by atoms with E-state index in [9.17, 15) is 19.8 Å². The Hall–Kier alpha value is -3.75. The van der Waals surface area contributed by atoms with Crippen molar-refractivity contribution in [3.05, 3.63) is 69.7 Å². The molecule has 0 aliphatic heterocycles. The fraction of sp³-hybridized carbons (Fsp3) is 0.318. The number of nitrogens with zero attached hydrogens (tertiary/aromatic N) is 2. The Bertz CT molecular complexity index is 1120. The standard InChI is InChI=1S/C22H25N3O6/c1-13-8-18(27)21(22(29)25(13)7-6-15-11-23-12-24-15)16(10-20(28)31-3)14-4-5-17(26)19(9-14)30-2/h4-5,8-9,11-12,16,26-27H,6-7,10H2,1-3H3,(H,23,24)/t16-/m1/s1. The first-order valence-corrected chi connectivity index (χ1v) is 9.70. The predicted octanol–water partition coefficient (Wildman–Crippen LogP) is 2.24. The number of benzene rings is 1. The zero-order valence-corrected chi connectivity index (χ0v) is 17.6. The lowest BCUT2D eigenvalue weighted by molar-refractivity contribution is -0.140. The van der Waals surface area contributed by atoms with E-state index in [0.29, 0.717) is 24.2 Å². The topological polar surface area (TPSA) is 127 Å². The number of ether oxygens (including phenoxy) is 2. The van der Waals surface area contributed by atoms with E-state index < -0.39 is 17.4 Å². The molecule has 31 heavy (non-hydrogen) atoms. The molecule has 0 aliphatic rings. The van der Waals surface area contributed by atoms with Gasteiger partial charge in [-0.05, 0) is 30.7 Å². The molecule has 1 atom stereocenters. The van der Waals surface area contributed by atoms with Crippen LogP contribution in [0.2, 0.25) is 0 Å². The summed E-state index contributed by atoms with van der Waals surface area (Å²) >= 11 is 0. The highest BCUT2D eigenvalue weighted by Crippen LogP contribution is 2.36. The zero-order chi connectivity index (χ0) is 22.5. The number of phenolic OH excluding ortho intramolecular Hbond substituents is 1. The third kappa shape index (κ3) is 4.71. The molecule has 164 valence electrons. The minimum absolute atomic E-state index is 0.0758. The molecule has 1 aromatic carbocycles. The molecule has 0 spiro atoms. The van der Waals surface area contributed by atoms with Crippen molar-refractivity contribution in [1.29, 1.82) is 0 Å². The van der Waals surface area contributed by atoms with Gasteiger partial charge in [0, 0.05) is 36.5 Å². The van der Waals surface area contributed by atoms with Crippen molar-refractivity contribution in [3.8, 4) is 17.2 Å². The molecule has 3 rings (SSSR count). The Morgan fingerprint density at radius 3 is 2.65 bits per heavy atom. The van der Waals surface area contributed by atoms with Crippen LogP contribution in [0.25, 0.3) is 0 Å². The van der Waals surface area contributed by atoms with Gasteiger partial charge in [-0.2, -0.15) is 0 Å². The van der Waals surface area contributed by atoms with Crippen LogP contribution in [0.15, 0.2) is 41.6 Å². The molecule has 0 aliphatic carbocycles. The monoisotopic (exact) mass is 427 g/mol. The van der Waals surface area contributed by atoms with Gasteiger partial charge in [-0.1, -0.05) is 6.07 Å². The summed E-state index contributed by atoms with van der Waals surface area (Å²) in [4.78, 5) is 32.5. The Morgan fingerprint density at radius 2 is 2.00 bits per heavy atom. The van der Waals surface area contributed by atoms with Crippen LogP contribution in [-0.4, -0.2) is 44.9 Å². The summed E-state index contributed by atoms with van der Waals surface area (Å²) in [5.41, 5.74) is 1.66. The van der Waals surface area contributed by atoms with Crippen LogP contribution in [0, 0.1) is 6.92 Å². The zero-order valence-electron chi connectivity index (χ0n) is 17.6. The van der Waals surface area contributed by atoms with Gasteiger partial charge in [-0.15, -0.1) is 0 Å². The number of hydrogen-bond acceptors (Lipinski definition) is 7. The van der Waals surface area contributed by atoms with Crippen LogP contribution in [0.3, 0.4) is 0 Å². The smallest absolute Gasteiger partial charge is 0.306 e. The lowest BCUT2D eigenvalue weighted by Gasteiger charge is -2.21. The number of esters is 1. The van der Waals surface area contributed by atoms with Crippen molar-refractivity contribution in [2.75, 3.05) is 14.2 Å². The van der Waals surface area contributed by atoms with Gasteiger partial charge >= 0.3 is 5.97 Å². The summed E-state index contributed by atoms with van der Waals surface area (Å²) < 4.78 is 11.5. The van der Waals surface area contributed by atoms with Crippen LogP contribution < -0.4 is 10.3 Å². The van der Waals surface area contributed by atoms with Crippen molar-refractivity contribution in [3.63, 3.8) is 0 Å². The van der Waals surface area contributed by atoms with E-state index in [1.807, 2.05) is 0 Å². The molecule has 0 fully saturated rings. The van der Waals surface area contributed by atoms with E-state index >= 15 is 0 Å². The number of nitrogens with one attached hydrogen (secondary N) is 1. The lowest BCUT2D eigenvalue weighted by Crippen LogP contribution is -2.29. The number of imidazole rings is 1. The maximum Gasteiger partial charge on any atom is 0.306 e. The molecule has 9 heteroatoms. The van der Waals surface area contributed by atoms with E-state index in [-0.39, 0.29) is 29.2 Å². The number of phenols is 1. The molecule has 2 aromatic heterocycles. The molecule has 0 bridgehead atoms. The lowest BCUT2D eigenvalue weighted by atomic mass is 9.88. The molecule has 0 amide bonds. The van der Waals surface area contributed by atoms with Gasteiger partial charge in [0.1, 0.15) is 5.75 Å². The van der Waals surface area contributed by atoms with Crippen LogP contribution in [0.4, 0.5) is 0 Å². The number of H-pyrrole nitrogens is 1. The molecule has 3 aromatic rings. The summed E-state index contributed by atoms with van der Waals surface area (Å²) in [7, 11) is 2.66. The molecular weight excluding hydrogens is 402 g/mol. The van der Waals surface area contributed by atoms with E-state index in [1.165, 1.54) is 32.4 Å². The molecule has 3 N–H and O–H groups in total. The summed E-state index contributed by atoms with van der Waals surface area (Å²) in [6.45, 7) is 2.10. The number of aromatic amines is 1. The highest BCUT2D eigenvalue weighted by Gasteiger charge is 2.27. The number of aryl methyl sites for hydroxylation is 2. The molecule has 0 saturated heterocycles. The Labute approximate surface area is 178 Å². The van der Waals surface area contributed by atoms with Gasteiger partial charge in [-0.25, -0.2) is 4.98 Å². The van der Waals surface area contributed by atoms with Gasteiger partial charge in [0.05, 0.1) is 32.5 Å². The maximum atomic E-state index is 13.4. The average Bonchev–Trinajstić information content (AvgIpc) is 3.26. The second-order valence-electron chi connectivity index (χ2n) is 7.13. The molecule has 0 unspecified atom stereocenters. The Balaban J connectivity index is 2.10. The molecule has 9 nitrogen and oxygen atoms in total. The number of aromatic nitrogens is 3. The fourth-order valence-electron chi connectivity index (χ4n) is 3.58. The first-order valence-electron chi connectivity index (χ1n) is 9.70. The van der Waals surface area contributed by atoms with Crippen LogP contribution in [-0.2, 0) is 22.5 Å². The quantitative estimate of drug-likeness (QED) is 0.471. The number of rotatable bonds is 8. The summed E-state index contributed by atoms with van der Waals surface area (Å²) in [6.07, 6.45) is 3.62. The number of pyridine rings is 1. The number of methoxy groups -OCH3 is 2. The number of aromatic hydroxyl groups is 2. The summed E-state index contributed by atoms with van der Waals surface area (Å²) in [5, 5.41) is 20.6. The van der Waals surface area contributed by atoms with Gasteiger partial charge in [0.2, 0.25) is 0 Å². The third-order valence-electron chi connectivity index (χ3n) is 5.24. The minimum Gasteiger partial charge on any atom is -0.507 e. The second kappa shape index (κ2) is 9.38.